The van der Waals surface area contributed by atoms with Crippen LogP contribution < -0.4 is 9.47 Å². The predicted molar refractivity (Wildman–Crippen MR) is 143 cm³/mol. The standard InChI is InChI=1S/C31H39NO7/c1-15-13-30-16(2)10-21-23(28(21,3)4)20(24(30)33)11-17-14-36-29(5,6)38-26(17)31(30,34)25(15)37-27-19-9-8-18(35-7)12-22(19)39-32-27/h8-9,11-13,16,20-21,23-26,33-34H,10,14H2,1-7H3. The number of fused-ring (bicyclic) bond motifs is 6. The van der Waals surface area contributed by atoms with E-state index in [0.717, 1.165) is 17.6 Å². The zero-order chi connectivity index (χ0) is 27.7. The van der Waals surface area contributed by atoms with Gasteiger partial charge in [0.15, 0.2) is 17.5 Å². The topological polar surface area (TPSA) is 103 Å². The first kappa shape index (κ1) is 25.6. The fourth-order valence-corrected chi connectivity index (χ4v) is 8.83. The van der Waals surface area contributed by atoms with Crippen molar-refractivity contribution in [2.45, 2.75) is 77.7 Å². The molecule has 7 rings (SSSR count). The molecule has 2 aromatic rings. The van der Waals surface area contributed by atoms with Gasteiger partial charge in [0.1, 0.15) is 17.5 Å². The zero-order valence-electron chi connectivity index (χ0n) is 23.7. The minimum absolute atomic E-state index is 0.0269. The summed E-state index contributed by atoms with van der Waals surface area (Å²) in [5.74, 6) is 0.657. The minimum atomic E-state index is -1.61. The van der Waals surface area contributed by atoms with Crippen molar-refractivity contribution >= 4 is 11.0 Å². The molecule has 1 aliphatic heterocycles. The van der Waals surface area contributed by atoms with E-state index in [9.17, 15) is 10.2 Å². The summed E-state index contributed by atoms with van der Waals surface area (Å²) >= 11 is 0. The van der Waals surface area contributed by atoms with Gasteiger partial charge in [-0.3, -0.25) is 0 Å². The number of hydrogen-bond acceptors (Lipinski definition) is 8. The van der Waals surface area contributed by atoms with Crippen LogP contribution in [0, 0.1) is 34.5 Å². The molecule has 9 unspecified atom stereocenters. The normalized spacial score (nSPS) is 43.3. The third kappa shape index (κ3) is 3.17. The van der Waals surface area contributed by atoms with E-state index in [1.165, 1.54) is 0 Å². The number of ether oxygens (including phenoxy) is 4. The Morgan fingerprint density at radius 2 is 1.92 bits per heavy atom. The molecule has 2 heterocycles. The highest BCUT2D eigenvalue weighted by Crippen LogP contribution is 2.73. The Bertz CT molecular complexity index is 1410. The monoisotopic (exact) mass is 537 g/mol. The van der Waals surface area contributed by atoms with E-state index in [-0.39, 0.29) is 23.1 Å². The Hall–Kier alpha value is -2.39. The number of nitrogens with zero attached hydrogens (tertiary/aromatic N) is 1. The van der Waals surface area contributed by atoms with Crippen molar-refractivity contribution in [2.24, 2.45) is 34.5 Å². The summed E-state index contributed by atoms with van der Waals surface area (Å²) in [6.07, 6.45) is 2.77. The smallest absolute Gasteiger partial charge is 0.262 e. The molecule has 2 N–H and O–H groups in total. The third-order valence-corrected chi connectivity index (χ3v) is 10.8. The van der Waals surface area contributed by atoms with Crippen LogP contribution in [0.25, 0.3) is 11.0 Å². The fourth-order valence-electron chi connectivity index (χ4n) is 8.83. The molecule has 8 heteroatoms. The van der Waals surface area contributed by atoms with E-state index in [0.29, 0.717) is 35.2 Å². The molecule has 1 spiro atoms. The second kappa shape index (κ2) is 7.87. The molecule has 0 amide bonds. The maximum atomic E-state index is 13.3. The quantitative estimate of drug-likeness (QED) is 0.546. The van der Waals surface area contributed by atoms with Crippen LogP contribution in [-0.4, -0.2) is 58.8 Å². The molecule has 1 aromatic carbocycles. The highest BCUT2D eigenvalue weighted by molar-refractivity contribution is 5.83. The molecule has 9 atom stereocenters. The van der Waals surface area contributed by atoms with Gasteiger partial charge < -0.3 is 33.7 Å². The van der Waals surface area contributed by atoms with E-state index in [1.54, 1.807) is 13.2 Å². The minimum Gasteiger partial charge on any atom is -0.497 e. The summed E-state index contributed by atoms with van der Waals surface area (Å²) in [5, 5.41) is 30.6. The number of benzene rings is 1. The molecular weight excluding hydrogens is 498 g/mol. The number of rotatable bonds is 3. The van der Waals surface area contributed by atoms with Crippen molar-refractivity contribution in [1.82, 2.24) is 5.16 Å². The Labute approximate surface area is 228 Å². The van der Waals surface area contributed by atoms with Gasteiger partial charge in [-0.1, -0.05) is 32.9 Å². The Morgan fingerprint density at radius 3 is 2.67 bits per heavy atom. The largest absolute Gasteiger partial charge is 0.497 e. The maximum absolute atomic E-state index is 13.3. The number of aliphatic hydroxyl groups is 2. The number of hydrogen-bond donors (Lipinski definition) is 2. The van der Waals surface area contributed by atoms with Crippen LogP contribution in [0.2, 0.25) is 0 Å². The molecule has 5 aliphatic rings. The zero-order valence-corrected chi connectivity index (χ0v) is 23.7. The van der Waals surface area contributed by atoms with Crippen molar-refractivity contribution in [1.29, 1.82) is 0 Å². The van der Waals surface area contributed by atoms with Crippen molar-refractivity contribution in [3.05, 3.63) is 41.5 Å². The van der Waals surface area contributed by atoms with Gasteiger partial charge in [0.25, 0.3) is 5.88 Å². The van der Waals surface area contributed by atoms with Crippen molar-refractivity contribution in [3.63, 3.8) is 0 Å². The van der Waals surface area contributed by atoms with Gasteiger partial charge in [-0.05, 0) is 78.8 Å². The first-order valence-electron chi connectivity index (χ1n) is 14.1. The van der Waals surface area contributed by atoms with Crippen LogP contribution in [0.3, 0.4) is 0 Å². The Morgan fingerprint density at radius 1 is 1.15 bits per heavy atom. The summed E-state index contributed by atoms with van der Waals surface area (Å²) < 4.78 is 30.3. The Balaban J connectivity index is 1.40. The highest BCUT2D eigenvalue weighted by Gasteiger charge is 2.77. The number of aromatic nitrogens is 1. The number of aliphatic hydroxyl groups excluding tert-OH is 1. The lowest BCUT2D eigenvalue weighted by molar-refractivity contribution is -0.310. The molecular formula is C31H39NO7. The van der Waals surface area contributed by atoms with Crippen molar-refractivity contribution in [3.8, 4) is 11.6 Å². The SMILES string of the molecule is COc1ccc2c(OC3C(C)=CC45C(C)CC6C(C(C=C7COC(C)(C)OC7C34O)C5O)C6(C)C)noc2c1. The van der Waals surface area contributed by atoms with Crippen LogP contribution in [0.4, 0.5) is 0 Å². The molecule has 210 valence electrons. The van der Waals surface area contributed by atoms with Gasteiger partial charge >= 0.3 is 0 Å². The van der Waals surface area contributed by atoms with Crippen molar-refractivity contribution in [2.75, 3.05) is 13.7 Å². The second-order valence-electron chi connectivity index (χ2n) is 13.5. The van der Waals surface area contributed by atoms with Crippen LogP contribution in [-0.2, 0) is 9.47 Å². The van der Waals surface area contributed by atoms with Crippen molar-refractivity contribution < 1.29 is 33.7 Å². The van der Waals surface area contributed by atoms with Gasteiger partial charge in [0.2, 0.25) is 0 Å². The van der Waals surface area contributed by atoms with E-state index >= 15 is 0 Å². The van der Waals surface area contributed by atoms with Crippen LogP contribution >= 0.6 is 0 Å². The summed E-state index contributed by atoms with van der Waals surface area (Å²) in [4.78, 5) is 0. The predicted octanol–water partition coefficient (Wildman–Crippen LogP) is 4.64. The van der Waals surface area contributed by atoms with Gasteiger partial charge in [0, 0.05) is 12.0 Å². The lowest BCUT2D eigenvalue weighted by Gasteiger charge is -2.55. The van der Waals surface area contributed by atoms with Gasteiger partial charge in [0.05, 0.1) is 30.6 Å². The van der Waals surface area contributed by atoms with Crippen LogP contribution in [0.1, 0.15) is 48.0 Å². The second-order valence-corrected chi connectivity index (χ2v) is 13.5. The van der Waals surface area contributed by atoms with Gasteiger partial charge in [-0.15, -0.1) is 0 Å². The third-order valence-electron chi connectivity index (χ3n) is 10.8. The van der Waals surface area contributed by atoms with Gasteiger partial charge in [-0.25, -0.2) is 0 Å². The molecule has 4 aliphatic carbocycles. The van der Waals surface area contributed by atoms with Gasteiger partial charge in [-0.2, -0.15) is 0 Å². The molecule has 1 saturated heterocycles. The lowest BCUT2D eigenvalue weighted by atomic mass is 9.58. The molecule has 0 radical (unpaired) electrons. The van der Waals surface area contributed by atoms with E-state index in [4.69, 9.17) is 23.5 Å². The summed E-state index contributed by atoms with van der Waals surface area (Å²) in [7, 11) is 1.60. The van der Waals surface area contributed by atoms with Crippen LogP contribution in [0.5, 0.6) is 11.6 Å². The first-order valence-corrected chi connectivity index (χ1v) is 14.1. The highest BCUT2D eigenvalue weighted by atomic mass is 16.7. The Kier molecular flexibility index (Phi) is 5.16. The molecule has 39 heavy (non-hydrogen) atoms. The summed E-state index contributed by atoms with van der Waals surface area (Å²) in [6.45, 7) is 12.8. The first-order chi connectivity index (χ1) is 18.3. The lowest BCUT2D eigenvalue weighted by Crippen LogP contribution is -2.69. The van der Waals surface area contributed by atoms with E-state index < -0.39 is 35.1 Å². The molecule has 8 nitrogen and oxygen atoms in total. The summed E-state index contributed by atoms with van der Waals surface area (Å²) in [6, 6.07) is 5.43. The van der Waals surface area contributed by atoms with E-state index in [1.807, 2.05) is 32.9 Å². The van der Waals surface area contributed by atoms with E-state index in [2.05, 4.69) is 38.1 Å². The molecule has 3 fully saturated rings. The average Bonchev–Trinajstić information content (AvgIpc) is 3.16. The van der Waals surface area contributed by atoms with Crippen LogP contribution in [0.15, 0.2) is 46.0 Å². The maximum Gasteiger partial charge on any atom is 0.262 e. The number of methoxy groups -OCH3 is 1. The fraction of sp³-hybridized carbons (Fsp3) is 0.645. The molecule has 2 saturated carbocycles. The molecule has 1 aromatic heterocycles. The average molecular weight is 538 g/mol. The molecule has 2 bridgehead atoms. The summed E-state index contributed by atoms with van der Waals surface area (Å²) in [5.41, 5.74) is -0.243.